The summed E-state index contributed by atoms with van der Waals surface area (Å²) < 4.78 is 13.7. The Labute approximate surface area is 119 Å². The van der Waals surface area contributed by atoms with Gasteiger partial charge in [-0.25, -0.2) is 4.39 Å². The van der Waals surface area contributed by atoms with Gasteiger partial charge in [0.25, 0.3) is 0 Å². The fraction of sp³-hybridized carbons (Fsp3) is 0.562. The molecule has 2 aliphatic rings. The Balaban J connectivity index is 1.57. The lowest BCUT2D eigenvalue weighted by molar-refractivity contribution is 0.607. The highest BCUT2D eigenvalue weighted by Crippen LogP contribution is 2.41. The van der Waals surface area contributed by atoms with Gasteiger partial charge in [0.05, 0.1) is 0 Å². The molecule has 0 radical (unpaired) electrons. The van der Waals surface area contributed by atoms with Crippen LogP contribution in [0.5, 0.6) is 0 Å². The van der Waals surface area contributed by atoms with E-state index in [-0.39, 0.29) is 11.7 Å². The Morgan fingerprint density at radius 1 is 1.35 bits per heavy atom. The molecule has 2 saturated carbocycles. The topological polar surface area (TPSA) is 36.4 Å². The van der Waals surface area contributed by atoms with E-state index in [2.05, 4.69) is 22.5 Å². The van der Waals surface area contributed by atoms with Gasteiger partial charge in [-0.3, -0.25) is 4.99 Å². The minimum atomic E-state index is -0.0956. The summed E-state index contributed by atoms with van der Waals surface area (Å²) in [6, 6.07) is 7.38. The molecule has 4 heteroatoms. The van der Waals surface area contributed by atoms with Crippen LogP contribution in [0.15, 0.2) is 29.3 Å². The van der Waals surface area contributed by atoms with Gasteiger partial charge in [0, 0.05) is 25.0 Å². The van der Waals surface area contributed by atoms with Crippen LogP contribution >= 0.6 is 0 Å². The maximum atomic E-state index is 13.7. The fourth-order valence-corrected chi connectivity index (χ4v) is 2.49. The molecule has 0 aromatic heterocycles. The minimum Gasteiger partial charge on any atom is -0.357 e. The largest absolute Gasteiger partial charge is 0.357 e. The smallest absolute Gasteiger partial charge is 0.191 e. The van der Waals surface area contributed by atoms with Crippen LogP contribution in [-0.4, -0.2) is 25.1 Å². The van der Waals surface area contributed by atoms with Crippen molar-refractivity contribution in [3.8, 4) is 0 Å². The first-order chi connectivity index (χ1) is 9.78. The second-order valence-corrected chi connectivity index (χ2v) is 5.78. The number of rotatable bonds is 5. The van der Waals surface area contributed by atoms with Gasteiger partial charge in [-0.2, -0.15) is 0 Å². The average Bonchev–Trinajstić information content (AvgIpc) is 3.33. The summed E-state index contributed by atoms with van der Waals surface area (Å²) in [5, 5.41) is 6.69. The highest BCUT2D eigenvalue weighted by molar-refractivity contribution is 5.80. The molecule has 3 nitrogen and oxygen atoms in total. The Morgan fingerprint density at radius 3 is 2.85 bits per heavy atom. The summed E-state index contributed by atoms with van der Waals surface area (Å²) in [6.45, 7) is 3.83. The maximum absolute atomic E-state index is 13.7. The Bertz CT molecular complexity index is 496. The van der Waals surface area contributed by atoms with E-state index in [9.17, 15) is 4.39 Å². The van der Waals surface area contributed by atoms with Crippen molar-refractivity contribution >= 4 is 5.96 Å². The molecule has 0 spiro atoms. The SMILES string of the molecule is CCNC(=NCC1CC1)NC1CC1c1ccccc1F. The lowest BCUT2D eigenvalue weighted by Crippen LogP contribution is -2.39. The molecule has 0 heterocycles. The van der Waals surface area contributed by atoms with Gasteiger partial charge >= 0.3 is 0 Å². The molecule has 2 fully saturated rings. The Hall–Kier alpha value is -1.58. The van der Waals surface area contributed by atoms with Crippen LogP contribution in [0.1, 0.15) is 37.7 Å². The summed E-state index contributed by atoms with van der Waals surface area (Å²) in [7, 11) is 0. The normalized spacial score (nSPS) is 25.4. The third kappa shape index (κ3) is 3.30. The molecule has 0 aliphatic heterocycles. The van der Waals surface area contributed by atoms with Gasteiger partial charge in [-0.15, -0.1) is 0 Å². The van der Waals surface area contributed by atoms with Crippen molar-refractivity contribution in [2.45, 2.75) is 38.1 Å². The molecule has 1 aromatic rings. The van der Waals surface area contributed by atoms with Crippen molar-refractivity contribution in [3.05, 3.63) is 35.6 Å². The van der Waals surface area contributed by atoms with Crippen LogP contribution in [0.25, 0.3) is 0 Å². The van der Waals surface area contributed by atoms with Gasteiger partial charge in [-0.1, -0.05) is 18.2 Å². The van der Waals surface area contributed by atoms with Crippen LogP contribution in [0.2, 0.25) is 0 Å². The molecule has 2 N–H and O–H groups in total. The number of hydrogen-bond donors (Lipinski definition) is 2. The number of nitrogens with zero attached hydrogens (tertiary/aromatic N) is 1. The number of aliphatic imine (C=N–C) groups is 1. The molecule has 0 saturated heterocycles. The Kier molecular flexibility index (Phi) is 3.90. The molecule has 0 amide bonds. The van der Waals surface area contributed by atoms with E-state index >= 15 is 0 Å². The number of hydrogen-bond acceptors (Lipinski definition) is 1. The third-order valence-electron chi connectivity index (χ3n) is 3.97. The van der Waals surface area contributed by atoms with Crippen molar-refractivity contribution in [1.29, 1.82) is 0 Å². The molecule has 2 atom stereocenters. The van der Waals surface area contributed by atoms with Gasteiger partial charge in [0.2, 0.25) is 0 Å². The summed E-state index contributed by atoms with van der Waals surface area (Å²) in [6.07, 6.45) is 3.60. The molecule has 3 rings (SSSR count). The minimum absolute atomic E-state index is 0.0956. The van der Waals surface area contributed by atoms with Crippen molar-refractivity contribution in [2.24, 2.45) is 10.9 Å². The molecule has 20 heavy (non-hydrogen) atoms. The first-order valence-corrected chi connectivity index (χ1v) is 7.57. The highest BCUT2D eigenvalue weighted by Gasteiger charge is 2.40. The summed E-state index contributed by atoms with van der Waals surface area (Å²) >= 11 is 0. The van der Waals surface area contributed by atoms with Gasteiger partial charge < -0.3 is 10.6 Å². The average molecular weight is 275 g/mol. The standard InChI is InChI=1S/C16H22FN3/c1-2-18-16(19-10-11-7-8-11)20-15-9-13(15)12-5-3-4-6-14(12)17/h3-6,11,13,15H,2,7-10H2,1H3,(H2,18,19,20). The Morgan fingerprint density at radius 2 is 2.15 bits per heavy atom. The zero-order chi connectivity index (χ0) is 13.9. The summed E-state index contributed by atoms with van der Waals surface area (Å²) in [5.74, 6) is 1.85. The van der Waals surface area contributed by atoms with E-state index in [0.717, 1.165) is 37.0 Å². The van der Waals surface area contributed by atoms with E-state index in [4.69, 9.17) is 0 Å². The van der Waals surface area contributed by atoms with Gasteiger partial charge in [0.15, 0.2) is 5.96 Å². The third-order valence-corrected chi connectivity index (χ3v) is 3.97. The van der Waals surface area contributed by atoms with Crippen molar-refractivity contribution in [1.82, 2.24) is 10.6 Å². The summed E-state index contributed by atoms with van der Waals surface area (Å²) in [5.41, 5.74) is 0.822. The number of guanidine groups is 1. The van der Waals surface area contributed by atoms with Crippen molar-refractivity contribution < 1.29 is 4.39 Å². The van der Waals surface area contributed by atoms with Crippen LogP contribution in [0.4, 0.5) is 4.39 Å². The number of benzene rings is 1. The van der Waals surface area contributed by atoms with Gasteiger partial charge in [0.1, 0.15) is 5.82 Å². The summed E-state index contributed by atoms with van der Waals surface area (Å²) in [4.78, 5) is 4.61. The zero-order valence-electron chi connectivity index (χ0n) is 11.9. The van der Waals surface area contributed by atoms with E-state index in [1.807, 2.05) is 12.1 Å². The first-order valence-electron chi connectivity index (χ1n) is 7.57. The fourth-order valence-electron chi connectivity index (χ4n) is 2.49. The number of halogens is 1. The predicted molar refractivity (Wildman–Crippen MR) is 79.4 cm³/mol. The first kappa shape index (κ1) is 13.4. The highest BCUT2D eigenvalue weighted by atomic mass is 19.1. The predicted octanol–water partition coefficient (Wildman–Crippen LogP) is 2.65. The molecular formula is C16H22FN3. The molecule has 108 valence electrons. The molecule has 1 aromatic carbocycles. The van der Waals surface area contributed by atoms with E-state index in [1.165, 1.54) is 18.9 Å². The lowest BCUT2D eigenvalue weighted by atomic mass is 10.1. The lowest BCUT2D eigenvalue weighted by Gasteiger charge is -2.11. The van der Waals surface area contributed by atoms with Crippen molar-refractivity contribution in [3.63, 3.8) is 0 Å². The van der Waals surface area contributed by atoms with E-state index < -0.39 is 0 Å². The number of nitrogens with one attached hydrogen (secondary N) is 2. The molecule has 2 aliphatic carbocycles. The second-order valence-electron chi connectivity index (χ2n) is 5.78. The van der Waals surface area contributed by atoms with Crippen LogP contribution < -0.4 is 10.6 Å². The van der Waals surface area contributed by atoms with Crippen LogP contribution in [0.3, 0.4) is 0 Å². The quantitative estimate of drug-likeness (QED) is 0.640. The van der Waals surface area contributed by atoms with Crippen LogP contribution in [0, 0.1) is 11.7 Å². The zero-order valence-corrected chi connectivity index (χ0v) is 11.9. The van der Waals surface area contributed by atoms with Crippen molar-refractivity contribution in [2.75, 3.05) is 13.1 Å². The van der Waals surface area contributed by atoms with Crippen LogP contribution in [-0.2, 0) is 0 Å². The van der Waals surface area contributed by atoms with E-state index in [0.29, 0.717) is 6.04 Å². The molecule has 2 unspecified atom stereocenters. The second kappa shape index (κ2) is 5.81. The molecular weight excluding hydrogens is 253 g/mol. The molecule has 0 bridgehead atoms. The maximum Gasteiger partial charge on any atom is 0.191 e. The van der Waals surface area contributed by atoms with Gasteiger partial charge in [-0.05, 0) is 43.7 Å². The van der Waals surface area contributed by atoms with E-state index in [1.54, 1.807) is 6.07 Å². The monoisotopic (exact) mass is 275 g/mol.